The van der Waals surface area contributed by atoms with Crippen LogP contribution >= 0.6 is 0 Å². The number of nitrogens with zero attached hydrogens (tertiary/aromatic N) is 1. The second-order valence-electron chi connectivity index (χ2n) is 7.70. The molecule has 1 atom stereocenters. The third-order valence-electron chi connectivity index (χ3n) is 5.50. The highest BCUT2D eigenvalue weighted by molar-refractivity contribution is 6.05. The van der Waals surface area contributed by atoms with E-state index in [1.165, 1.54) is 11.0 Å². The lowest BCUT2D eigenvalue weighted by Crippen LogP contribution is -2.52. The molecule has 0 saturated carbocycles. The molecule has 9 nitrogen and oxygen atoms in total. The van der Waals surface area contributed by atoms with Crippen LogP contribution in [0, 0.1) is 6.92 Å². The molecule has 5 amide bonds. The highest BCUT2D eigenvalue weighted by atomic mass is 16.3. The number of carbonyl (C=O) groups excluding carboxylic acids is 4. The summed E-state index contributed by atoms with van der Waals surface area (Å²) >= 11 is 0. The van der Waals surface area contributed by atoms with Gasteiger partial charge in [-0.1, -0.05) is 12.1 Å². The van der Waals surface area contributed by atoms with E-state index in [2.05, 4.69) is 16.0 Å². The van der Waals surface area contributed by atoms with E-state index < -0.39 is 18.0 Å². The van der Waals surface area contributed by atoms with Gasteiger partial charge in [0.1, 0.15) is 11.8 Å². The molecule has 2 aliphatic heterocycles. The highest BCUT2D eigenvalue weighted by Crippen LogP contribution is 2.28. The van der Waals surface area contributed by atoms with E-state index in [0.29, 0.717) is 23.2 Å². The number of aryl methyl sites for hydroxylation is 1. The summed E-state index contributed by atoms with van der Waals surface area (Å²) in [5, 5.41) is 17.3. The minimum Gasteiger partial charge on any atom is -0.508 e. The van der Waals surface area contributed by atoms with Crippen molar-refractivity contribution in [2.45, 2.75) is 38.9 Å². The van der Waals surface area contributed by atoms with Crippen LogP contribution in [0.25, 0.3) is 0 Å². The number of piperidine rings is 1. The lowest BCUT2D eigenvalue weighted by molar-refractivity contribution is -0.136. The van der Waals surface area contributed by atoms with E-state index in [1.54, 1.807) is 31.2 Å². The average molecular weight is 422 g/mol. The SMILES string of the molecule is Cc1cc(NC(=O)NCc2ccc3c(c2)CN(C2CCC(=O)NC2=O)C3=O)ccc1O. The second-order valence-corrected chi connectivity index (χ2v) is 7.70. The molecular formula is C22H22N4O5. The van der Waals surface area contributed by atoms with Gasteiger partial charge in [-0.3, -0.25) is 19.7 Å². The van der Waals surface area contributed by atoms with E-state index in [1.807, 2.05) is 6.07 Å². The van der Waals surface area contributed by atoms with E-state index in [-0.39, 0.29) is 37.1 Å². The number of urea groups is 1. The van der Waals surface area contributed by atoms with Gasteiger partial charge in [-0.15, -0.1) is 0 Å². The fourth-order valence-electron chi connectivity index (χ4n) is 3.83. The fourth-order valence-corrected chi connectivity index (χ4v) is 3.83. The van der Waals surface area contributed by atoms with E-state index >= 15 is 0 Å². The Balaban J connectivity index is 1.38. The summed E-state index contributed by atoms with van der Waals surface area (Å²) < 4.78 is 0. The van der Waals surface area contributed by atoms with Gasteiger partial charge in [-0.2, -0.15) is 0 Å². The Morgan fingerprint density at radius 2 is 2.00 bits per heavy atom. The Kier molecular flexibility index (Phi) is 5.33. The number of amides is 5. The van der Waals surface area contributed by atoms with Crippen LogP contribution < -0.4 is 16.0 Å². The van der Waals surface area contributed by atoms with Crippen molar-refractivity contribution in [3.8, 4) is 5.75 Å². The standard InChI is InChI=1S/C22H22N4O5/c1-12-8-15(3-6-18(12)27)24-22(31)23-10-13-2-4-16-14(9-13)11-26(21(16)30)17-5-7-19(28)25-20(17)29/h2-4,6,8-9,17,27H,5,7,10-11H2,1H3,(H2,23,24,31)(H,25,28,29). The number of benzene rings is 2. The molecule has 2 heterocycles. The summed E-state index contributed by atoms with van der Waals surface area (Å²) in [5.41, 5.74) is 3.34. The Morgan fingerprint density at radius 1 is 1.19 bits per heavy atom. The molecular weight excluding hydrogens is 400 g/mol. The Hall–Kier alpha value is -3.88. The van der Waals surface area contributed by atoms with Gasteiger partial charge >= 0.3 is 6.03 Å². The first-order valence-electron chi connectivity index (χ1n) is 9.93. The molecule has 2 aliphatic rings. The van der Waals surface area contributed by atoms with Crippen molar-refractivity contribution < 1.29 is 24.3 Å². The first kappa shape index (κ1) is 20.4. The van der Waals surface area contributed by atoms with Crippen molar-refractivity contribution in [1.29, 1.82) is 0 Å². The highest BCUT2D eigenvalue weighted by Gasteiger charge is 2.39. The number of anilines is 1. The Morgan fingerprint density at radius 3 is 2.74 bits per heavy atom. The Labute approximate surface area is 178 Å². The number of aromatic hydroxyl groups is 1. The van der Waals surface area contributed by atoms with Gasteiger partial charge < -0.3 is 20.6 Å². The van der Waals surface area contributed by atoms with Gasteiger partial charge in [0.25, 0.3) is 5.91 Å². The largest absolute Gasteiger partial charge is 0.508 e. The molecule has 4 rings (SSSR count). The monoisotopic (exact) mass is 422 g/mol. The molecule has 1 saturated heterocycles. The summed E-state index contributed by atoms with van der Waals surface area (Å²) in [5.74, 6) is -0.839. The molecule has 4 N–H and O–H groups in total. The minimum atomic E-state index is -0.654. The molecule has 2 aromatic carbocycles. The van der Waals surface area contributed by atoms with Crippen LogP contribution in [0.1, 0.15) is 39.9 Å². The smallest absolute Gasteiger partial charge is 0.319 e. The normalized spacial score (nSPS) is 17.9. The number of carbonyl (C=O) groups is 4. The minimum absolute atomic E-state index is 0.157. The van der Waals surface area contributed by atoms with Crippen molar-refractivity contribution in [3.05, 3.63) is 58.7 Å². The molecule has 160 valence electrons. The molecule has 31 heavy (non-hydrogen) atoms. The second kappa shape index (κ2) is 8.10. The number of imide groups is 1. The molecule has 0 aromatic heterocycles. The number of hydrogen-bond donors (Lipinski definition) is 4. The maximum atomic E-state index is 12.7. The zero-order valence-electron chi connectivity index (χ0n) is 16.9. The van der Waals surface area contributed by atoms with Crippen molar-refractivity contribution in [1.82, 2.24) is 15.5 Å². The first-order valence-corrected chi connectivity index (χ1v) is 9.93. The lowest BCUT2D eigenvalue weighted by atomic mass is 10.0. The van der Waals surface area contributed by atoms with E-state index in [9.17, 15) is 24.3 Å². The first-order chi connectivity index (χ1) is 14.8. The van der Waals surface area contributed by atoms with Crippen molar-refractivity contribution in [3.63, 3.8) is 0 Å². The fraction of sp³-hybridized carbons (Fsp3) is 0.273. The van der Waals surface area contributed by atoms with Gasteiger partial charge in [-0.25, -0.2) is 4.79 Å². The number of rotatable bonds is 4. The third kappa shape index (κ3) is 4.20. The number of phenols is 1. The van der Waals surface area contributed by atoms with Gasteiger partial charge in [0.15, 0.2) is 0 Å². The van der Waals surface area contributed by atoms with Crippen LogP contribution in [0.4, 0.5) is 10.5 Å². The summed E-state index contributed by atoms with van der Waals surface area (Å²) in [6, 6.07) is 9.02. The number of nitrogens with one attached hydrogen (secondary N) is 3. The van der Waals surface area contributed by atoms with Crippen LogP contribution in [0.5, 0.6) is 5.75 Å². The van der Waals surface area contributed by atoms with Crippen molar-refractivity contribution in [2.75, 3.05) is 5.32 Å². The summed E-state index contributed by atoms with van der Waals surface area (Å²) in [6.07, 6.45) is 0.525. The zero-order valence-corrected chi connectivity index (χ0v) is 16.9. The van der Waals surface area contributed by atoms with Gasteiger partial charge in [0.05, 0.1) is 0 Å². The molecule has 2 aromatic rings. The van der Waals surface area contributed by atoms with Crippen LogP contribution in [0.15, 0.2) is 36.4 Å². The zero-order chi connectivity index (χ0) is 22.1. The molecule has 0 bridgehead atoms. The van der Waals surface area contributed by atoms with Crippen LogP contribution in [0.3, 0.4) is 0 Å². The maximum Gasteiger partial charge on any atom is 0.319 e. The van der Waals surface area contributed by atoms with E-state index in [0.717, 1.165) is 11.1 Å². The van der Waals surface area contributed by atoms with Crippen molar-refractivity contribution in [2.24, 2.45) is 0 Å². The van der Waals surface area contributed by atoms with Crippen LogP contribution in [-0.2, 0) is 22.7 Å². The predicted octanol–water partition coefficient (Wildman–Crippen LogP) is 1.78. The summed E-state index contributed by atoms with van der Waals surface area (Å²) in [7, 11) is 0. The lowest BCUT2D eigenvalue weighted by Gasteiger charge is -2.29. The van der Waals surface area contributed by atoms with Crippen molar-refractivity contribution >= 4 is 29.4 Å². The van der Waals surface area contributed by atoms with Crippen LogP contribution in [0.2, 0.25) is 0 Å². The molecule has 0 aliphatic carbocycles. The average Bonchev–Trinajstić information content (AvgIpc) is 3.05. The predicted molar refractivity (Wildman–Crippen MR) is 111 cm³/mol. The topological polar surface area (TPSA) is 128 Å². The van der Waals surface area contributed by atoms with Gasteiger partial charge in [-0.05, 0) is 54.3 Å². The molecule has 0 spiro atoms. The van der Waals surface area contributed by atoms with Gasteiger partial charge in [0, 0.05) is 30.8 Å². The quantitative estimate of drug-likeness (QED) is 0.441. The van der Waals surface area contributed by atoms with E-state index in [4.69, 9.17) is 0 Å². The number of fused-ring (bicyclic) bond motifs is 1. The molecule has 1 unspecified atom stereocenters. The molecule has 1 fully saturated rings. The maximum absolute atomic E-state index is 12.7. The van der Waals surface area contributed by atoms with Gasteiger partial charge in [0.2, 0.25) is 11.8 Å². The third-order valence-corrected chi connectivity index (χ3v) is 5.50. The molecule has 0 radical (unpaired) electrons. The molecule has 9 heteroatoms. The summed E-state index contributed by atoms with van der Waals surface area (Å²) in [6.45, 7) is 2.28. The Bertz CT molecular complexity index is 1100. The number of phenolic OH excluding ortho intramolecular Hbond substituents is 1. The number of hydrogen-bond acceptors (Lipinski definition) is 5. The van der Waals surface area contributed by atoms with Crippen LogP contribution in [-0.4, -0.2) is 39.8 Å². The summed E-state index contributed by atoms with van der Waals surface area (Å²) in [4.78, 5) is 49.9.